The van der Waals surface area contributed by atoms with E-state index in [-0.39, 0.29) is 0 Å². The Bertz CT molecular complexity index is 66.0. The third kappa shape index (κ3) is 3.39. The van der Waals surface area contributed by atoms with Gasteiger partial charge in [0.2, 0.25) is 0 Å². The zero-order valence-corrected chi connectivity index (χ0v) is 4.77. The normalized spacial score (nSPS) is 17.3. The Hall–Kier alpha value is -0.200. The van der Waals surface area contributed by atoms with Crippen LogP contribution in [0.15, 0.2) is 0 Å². The van der Waals surface area contributed by atoms with Crippen LogP contribution in [0.2, 0.25) is 0 Å². The Kier molecular flexibility index (Phi) is 4.55. The van der Waals surface area contributed by atoms with Crippen molar-refractivity contribution >= 4 is 0 Å². The van der Waals surface area contributed by atoms with Crippen LogP contribution in [0.1, 0.15) is 0 Å². The lowest BCUT2D eigenvalue weighted by Crippen LogP contribution is -2.32. The van der Waals surface area contributed by atoms with Crippen molar-refractivity contribution in [3.63, 3.8) is 0 Å². The number of hydrogen-bond acceptors (Lipinski definition) is 5. The molecule has 0 spiro atoms. The van der Waals surface area contributed by atoms with Gasteiger partial charge in [-0.25, -0.2) is 4.89 Å². The first-order valence-electron chi connectivity index (χ1n) is 2.45. The van der Waals surface area contributed by atoms with E-state index in [9.17, 15) is 0 Å². The second-order valence-electron chi connectivity index (χ2n) is 1.61. The van der Waals surface area contributed by atoms with Gasteiger partial charge in [-0.1, -0.05) is 0 Å². The highest BCUT2D eigenvalue weighted by Gasteiger charge is 2.14. The van der Waals surface area contributed by atoms with E-state index in [0.29, 0.717) is 0 Å². The number of rotatable bonds is 4. The molecule has 0 aromatic carbocycles. The quantitative estimate of drug-likeness (QED) is 0.271. The molecule has 0 fully saturated rings. The van der Waals surface area contributed by atoms with Gasteiger partial charge in [0.05, 0.1) is 6.61 Å². The largest absolute Gasteiger partial charge is 0.394 e. The minimum absolute atomic E-state index is 0.401. The van der Waals surface area contributed by atoms with Gasteiger partial charge < -0.3 is 15.3 Å². The molecule has 0 aromatic rings. The monoisotopic (exact) mass is 138 g/mol. The van der Waals surface area contributed by atoms with Crippen LogP contribution < -0.4 is 0 Å². The summed E-state index contributed by atoms with van der Waals surface area (Å²) in [4.78, 5) is 3.51. The predicted octanol–water partition coefficient (Wildman–Crippen LogP) is -1.81. The zero-order valence-electron chi connectivity index (χ0n) is 4.77. The molecule has 0 saturated carbocycles. The summed E-state index contributed by atoms with van der Waals surface area (Å²) >= 11 is 0. The minimum atomic E-state index is -1.25. The smallest absolute Gasteiger partial charge is 0.110 e. The van der Waals surface area contributed by atoms with E-state index < -0.39 is 25.4 Å². The Morgan fingerprint density at radius 2 is 1.78 bits per heavy atom. The molecule has 0 unspecified atom stereocenters. The van der Waals surface area contributed by atoms with Gasteiger partial charge in [-0.3, -0.25) is 5.26 Å². The minimum Gasteiger partial charge on any atom is -0.394 e. The SMILES string of the molecule is OC[C@@H](O)[C@@H](O)COO. The molecule has 5 nitrogen and oxygen atoms in total. The van der Waals surface area contributed by atoms with E-state index in [1.165, 1.54) is 0 Å². The van der Waals surface area contributed by atoms with E-state index in [2.05, 4.69) is 4.89 Å². The topological polar surface area (TPSA) is 90.2 Å². The summed E-state index contributed by atoms with van der Waals surface area (Å²) in [7, 11) is 0. The van der Waals surface area contributed by atoms with Crippen LogP contribution in [-0.2, 0) is 4.89 Å². The molecule has 0 bridgehead atoms. The van der Waals surface area contributed by atoms with Crippen molar-refractivity contribution in [3.05, 3.63) is 0 Å². The first-order chi connectivity index (χ1) is 4.22. The van der Waals surface area contributed by atoms with Crippen LogP contribution in [0, 0.1) is 0 Å². The maximum atomic E-state index is 8.62. The van der Waals surface area contributed by atoms with Crippen molar-refractivity contribution in [3.8, 4) is 0 Å². The lowest BCUT2D eigenvalue weighted by molar-refractivity contribution is -0.263. The highest BCUT2D eigenvalue weighted by molar-refractivity contribution is 4.63. The first-order valence-corrected chi connectivity index (χ1v) is 2.45. The summed E-state index contributed by atoms with van der Waals surface area (Å²) in [6, 6.07) is 0. The zero-order chi connectivity index (χ0) is 7.28. The van der Waals surface area contributed by atoms with Gasteiger partial charge in [-0.2, -0.15) is 0 Å². The van der Waals surface area contributed by atoms with Gasteiger partial charge in [-0.15, -0.1) is 0 Å². The van der Waals surface area contributed by atoms with E-state index in [0.717, 1.165) is 0 Å². The maximum Gasteiger partial charge on any atom is 0.110 e. The van der Waals surface area contributed by atoms with E-state index >= 15 is 0 Å². The third-order valence-electron chi connectivity index (χ3n) is 0.877. The van der Waals surface area contributed by atoms with E-state index in [4.69, 9.17) is 20.6 Å². The second-order valence-corrected chi connectivity index (χ2v) is 1.61. The summed E-state index contributed by atoms with van der Waals surface area (Å²) in [6.07, 6.45) is -2.49. The fourth-order valence-corrected chi connectivity index (χ4v) is 0.309. The van der Waals surface area contributed by atoms with Crippen LogP contribution in [0.25, 0.3) is 0 Å². The number of aliphatic hydroxyl groups is 3. The van der Waals surface area contributed by atoms with Crippen molar-refractivity contribution in [2.24, 2.45) is 0 Å². The highest BCUT2D eigenvalue weighted by Crippen LogP contribution is 1.91. The van der Waals surface area contributed by atoms with Crippen molar-refractivity contribution in [1.29, 1.82) is 0 Å². The van der Waals surface area contributed by atoms with Gasteiger partial charge in [0.1, 0.15) is 18.8 Å². The van der Waals surface area contributed by atoms with Crippen molar-refractivity contribution < 1.29 is 25.5 Å². The predicted molar refractivity (Wildman–Crippen MR) is 27.7 cm³/mol. The molecule has 9 heavy (non-hydrogen) atoms. The van der Waals surface area contributed by atoms with Gasteiger partial charge in [0, 0.05) is 0 Å². The Labute approximate surface area is 52.1 Å². The molecule has 5 heteroatoms. The molecular weight excluding hydrogens is 128 g/mol. The van der Waals surface area contributed by atoms with Crippen molar-refractivity contribution in [1.82, 2.24) is 0 Å². The molecule has 0 saturated heterocycles. The van der Waals surface area contributed by atoms with Crippen molar-refractivity contribution in [2.45, 2.75) is 12.2 Å². The fourth-order valence-electron chi connectivity index (χ4n) is 0.309. The fraction of sp³-hybridized carbons (Fsp3) is 1.00. The van der Waals surface area contributed by atoms with Gasteiger partial charge >= 0.3 is 0 Å². The third-order valence-corrected chi connectivity index (χ3v) is 0.877. The summed E-state index contributed by atoms with van der Waals surface area (Å²) in [5, 5.41) is 33.1. The van der Waals surface area contributed by atoms with Crippen LogP contribution in [0.5, 0.6) is 0 Å². The van der Waals surface area contributed by atoms with Gasteiger partial charge in [0.25, 0.3) is 0 Å². The van der Waals surface area contributed by atoms with Gasteiger partial charge in [0.15, 0.2) is 0 Å². The molecule has 0 amide bonds. The van der Waals surface area contributed by atoms with Gasteiger partial charge in [-0.05, 0) is 0 Å². The number of aliphatic hydroxyl groups excluding tert-OH is 3. The van der Waals surface area contributed by atoms with Crippen LogP contribution in [-0.4, -0.2) is 46.0 Å². The lowest BCUT2D eigenvalue weighted by atomic mass is 10.2. The molecule has 0 aromatic heterocycles. The Balaban J connectivity index is 3.32. The van der Waals surface area contributed by atoms with E-state index in [1.54, 1.807) is 0 Å². The average Bonchev–Trinajstić information content (AvgIpc) is 1.87. The molecule has 0 heterocycles. The summed E-state index contributed by atoms with van der Waals surface area (Å²) in [6.45, 7) is -0.952. The Morgan fingerprint density at radius 1 is 1.22 bits per heavy atom. The molecule has 2 atom stereocenters. The molecule has 0 aliphatic carbocycles. The molecule has 0 radical (unpaired) electrons. The van der Waals surface area contributed by atoms with Crippen LogP contribution >= 0.6 is 0 Å². The molecule has 56 valence electrons. The Morgan fingerprint density at radius 3 is 2.11 bits per heavy atom. The van der Waals surface area contributed by atoms with Crippen molar-refractivity contribution in [2.75, 3.05) is 13.2 Å². The summed E-state index contributed by atoms with van der Waals surface area (Å²) < 4.78 is 0. The van der Waals surface area contributed by atoms with Crippen LogP contribution in [0.4, 0.5) is 0 Å². The van der Waals surface area contributed by atoms with E-state index in [1.807, 2.05) is 0 Å². The molecule has 0 aliphatic heterocycles. The standard InChI is InChI=1S/C4H10O5/c5-1-3(6)4(7)2-9-8/h3-8H,1-2H2/t3-,4+/m1/s1. The highest BCUT2D eigenvalue weighted by atomic mass is 17.1. The van der Waals surface area contributed by atoms with Crippen LogP contribution in [0.3, 0.4) is 0 Å². The average molecular weight is 138 g/mol. The second kappa shape index (κ2) is 4.66. The molecule has 0 aliphatic rings. The summed E-state index contributed by atoms with van der Waals surface area (Å²) in [5.41, 5.74) is 0. The maximum absolute atomic E-state index is 8.62. The molecule has 4 N–H and O–H groups in total. The molecule has 0 rings (SSSR count). The lowest BCUT2D eigenvalue weighted by Gasteiger charge is -2.12. The molecular formula is C4H10O5. The number of hydrogen-bond donors (Lipinski definition) is 4. The first kappa shape index (κ1) is 8.80. The summed E-state index contributed by atoms with van der Waals surface area (Å²) in [5.74, 6) is 0.